The lowest BCUT2D eigenvalue weighted by molar-refractivity contribution is -0.665. The Hall–Kier alpha value is -9.67. The fourth-order valence-electron chi connectivity index (χ4n) is 20.3. The zero-order valence-corrected chi connectivity index (χ0v) is 101. The minimum atomic E-state index is -1.53. The number of aromatic nitrogens is 5. The molecular formula is C131H180N5Si5+5. The second kappa shape index (κ2) is 41.5. The predicted molar refractivity (Wildman–Crippen MR) is 635 cm³/mol. The summed E-state index contributed by atoms with van der Waals surface area (Å²) in [4.78, 5) is 0. The summed E-state index contributed by atoms with van der Waals surface area (Å²) >= 11 is 0. The van der Waals surface area contributed by atoms with Gasteiger partial charge in [-0.2, -0.15) is 13.7 Å². The lowest BCUT2D eigenvalue weighted by Gasteiger charge is -2.28. The molecule has 0 radical (unpaired) electrons. The first kappa shape index (κ1) is 100. The normalized spacial score (nSPS) is 14.0. The highest BCUT2D eigenvalue weighted by atomic mass is 28.3. The molecule has 1 aliphatic carbocycles. The number of hydrogen-bond donors (Lipinski definition) is 0. The Morgan fingerprint density at radius 3 is 0.965 bits per heavy atom. The van der Waals surface area contributed by atoms with Crippen LogP contribution in [0.25, 0.3) is 110 Å². The molecule has 0 bridgehead atoms. The van der Waals surface area contributed by atoms with Crippen LogP contribution in [0.15, 0.2) is 206 Å². The van der Waals surface area contributed by atoms with Gasteiger partial charge < -0.3 is 0 Å². The molecule has 5 nitrogen and oxygen atoms in total. The summed E-state index contributed by atoms with van der Waals surface area (Å²) < 4.78 is 71.7. The van der Waals surface area contributed by atoms with Crippen molar-refractivity contribution in [3.63, 3.8) is 0 Å². The molecule has 15 aromatic rings. The SMILES string of the molecule is [2H]c1c(C)[n+](C)c(-c2cc(C(C)(C)C)cc(C)c2C)c2ccc([Si](C)(C)C)cc12.[2H]c1c(C)[n+](C)c(-c2cc(C(C)(C)C)ccc2C)c2ccc([Si](C)(C)C)cc12.[2H]c1c(C)[n+](C)c(-c2cc(C3CCCC3)ccc2C)c2ccc([Si](C)(C)C)cc12.[2H]c1c([2H])[n+](C)c(-c2cc(C(C)(C)C)cc(C(C)(C)C)c2C)c2ccc([Si](C)(C)C)cc12.[2H]c1c([2H])[n+](C)c(-c2cc(C(C)C)cc(C(C)C)c2C)c2ccc([Si](C)(C)C)cc12. The number of pyridine rings is 5. The van der Waals surface area contributed by atoms with Gasteiger partial charge in [-0.3, -0.25) is 0 Å². The van der Waals surface area contributed by atoms with Crippen molar-refractivity contribution >= 4 is 120 Å². The molecule has 0 amide bonds. The van der Waals surface area contributed by atoms with E-state index < -0.39 is 40.4 Å². The van der Waals surface area contributed by atoms with Gasteiger partial charge in [0.25, 0.3) is 0 Å². The van der Waals surface area contributed by atoms with Gasteiger partial charge in [-0.05, 0) is 254 Å². The summed E-state index contributed by atoms with van der Waals surface area (Å²) in [5.41, 5.74) is 32.6. The van der Waals surface area contributed by atoms with Crippen LogP contribution >= 0.6 is 0 Å². The summed E-state index contributed by atoms with van der Waals surface area (Å²) in [7, 11) is 2.83. The molecule has 5 heterocycles. The minimum Gasteiger partial charge on any atom is -0.200 e. The molecule has 141 heavy (non-hydrogen) atoms. The van der Waals surface area contributed by atoms with Gasteiger partial charge in [0.05, 0.1) is 96.4 Å². The molecule has 0 saturated heterocycles. The van der Waals surface area contributed by atoms with E-state index in [9.17, 15) is 0 Å². The van der Waals surface area contributed by atoms with E-state index in [4.69, 9.17) is 9.60 Å². The number of aryl methyl sites for hydroxylation is 3. The topological polar surface area (TPSA) is 19.4 Å². The van der Waals surface area contributed by atoms with Crippen LogP contribution in [0.2, 0.25) is 98.2 Å². The number of nitrogens with zero attached hydrogens (tertiary/aromatic N) is 5. The summed E-state index contributed by atoms with van der Waals surface area (Å²) in [6, 6.07) is 64.3. The van der Waals surface area contributed by atoms with Gasteiger partial charge in [0.1, 0.15) is 38.0 Å². The van der Waals surface area contributed by atoms with Crippen LogP contribution in [0.4, 0.5) is 0 Å². The standard InChI is InChI=1S/C28H40NSi.C26H34NSi.2C26H36NSi.C25H34NSi/c1-19-24(17-21(27(2,3)4)18-25(19)28(5,6)7)26-23-13-12-22(30(9,10)11)16-20(23)14-15-29(26)8;1-18-11-12-21(20-9-7-8-10-20)17-25(18)26-24-14-13-23(28(4,5)6)16-22(24)15-19(2)27(26)3;1-17-13-21(26(4,5)6)16-24(19(17)3)25-23-12-11-22(28(8,9)10)15-20(23)14-18(2)27(25)7;1-17(2)21-15-24(18(3)4)19(5)25(16-21)26-23-11-10-22(28(7,8)9)14-20(23)12-13-27(26)6;1-17-10-11-20(25(3,4)5)16-23(17)24-22-13-12-21(27(7,8)9)15-19(22)14-18(2)26(24)6/h12-18H,1-11H3;11-17,20H,7-10H2,1-6H3;11-16H,1-10H3;10-18H,1-9H3;10-16H,1-9H3/q5*+1/i14D,15D;15D;14D;12D,13D;14D. The maximum Gasteiger partial charge on any atom is 0.220 e. The van der Waals surface area contributed by atoms with Crippen molar-refractivity contribution < 1.29 is 32.4 Å². The fraction of sp³-hybridized carbons (Fsp3) is 0.427. The third-order valence-electron chi connectivity index (χ3n) is 30.4. The second-order valence-electron chi connectivity index (χ2n) is 51.5. The van der Waals surface area contributed by atoms with Crippen molar-refractivity contribution in [2.24, 2.45) is 35.2 Å². The average Bonchev–Trinajstić information content (AvgIpc) is 0.850. The Kier molecular flexibility index (Phi) is 29.4. The lowest BCUT2D eigenvalue weighted by Crippen LogP contribution is -2.38. The number of benzene rings is 10. The van der Waals surface area contributed by atoms with Gasteiger partial charge in [0.2, 0.25) is 28.5 Å². The molecule has 0 atom stereocenters. The van der Waals surface area contributed by atoms with Crippen LogP contribution in [0.5, 0.6) is 0 Å². The van der Waals surface area contributed by atoms with Crippen LogP contribution in [-0.4, -0.2) is 40.4 Å². The molecular weight excluding hydrogens is 1780 g/mol. The molecule has 0 aliphatic heterocycles. The first-order valence-corrected chi connectivity index (χ1v) is 69.8. The second-order valence-corrected chi connectivity index (χ2v) is 76.9. The Morgan fingerprint density at radius 2 is 0.617 bits per heavy atom. The lowest BCUT2D eigenvalue weighted by atomic mass is 9.76. The van der Waals surface area contributed by atoms with E-state index in [2.05, 4.69) is 470 Å². The van der Waals surface area contributed by atoms with Crippen LogP contribution in [0.3, 0.4) is 0 Å². The number of fused-ring (bicyclic) bond motifs is 5. The van der Waals surface area contributed by atoms with Crippen LogP contribution < -0.4 is 48.8 Å². The Labute approximate surface area is 870 Å². The van der Waals surface area contributed by atoms with Crippen LogP contribution in [-0.2, 0) is 56.9 Å². The van der Waals surface area contributed by atoms with E-state index in [1.165, 1.54) is 185 Å². The molecule has 10 aromatic carbocycles. The van der Waals surface area contributed by atoms with E-state index in [1.54, 1.807) is 0 Å². The van der Waals surface area contributed by atoms with E-state index in [0.717, 1.165) is 66.2 Å². The summed E-state index contributed by atoms with van der Waals surface area (Å²) in [6.07, 6.45) is 5.89. The third kappa shape index (κ3) is 24.4. The average molecular weight is 1970 g/mol. The van der Waals surface area contributed by atoms with Crippen LogP contribution in [0, 0.1) is 62.3 Å². The molecule has 1 aliphatic rings. The van der Waals surface area contributed by atoms with Crippen molar-refractivity contribution in [3.05, 3.63) is 296 Å². The number of rotatable bonds is 13. The van der Waals surface area contributed by atoms with Crippen LogP contribution in [0.1, 0.15) is 253 Å². The molecule has 5 aromatic heterocycles. The smallest absolute Gasteiger partial charge is 0.200 e. The highest BCUT2D eigenvalue weighted by Crippen LogP contribution is 2.44. The molecule has 16 rings (SSSR count). The van der Waals surface area contributed by atoms with Gasteiger partial charge in [0.15, 0.2) is 29.4 Å². The zero-order valence-electron chi connectivity index (χ0n) is 103. The molecule has 1 saturated carbocycles. The van der Waals surface area contributed by atoms with Gasteiger partial charge in [-0.25, -0.2) is 9.13 Å². The largest absolute Gasteiger partial charge is 0.220 e. The molecule has 0 N–H and O–H groups in total. The summed E-state index contributed by atoms with van der Waals surface area (Å²) in [5, 5.41) is 17.6. The van der Waals surface area contributed by atoms with Gasteiger partial charge in [-0.15, -0.1) is 0 Å². The van der Waals surface area contributed by atoms with E-state index in [1.807, 2.05) is 23.2 Å². The van der Waals surface area contributed by atoms with Crippen molar-refractivity contribution in [1.82, 2.24) is 0 Å². The summed E-state index contributed by atoms with van der Waals surface area (Å²) in [6.45, 7) is 91.0. The highest BCUT2D eigenvalue weighted by molar-refractivity contribution is 6.90. The first-order chi connectivity index (χ1) is 68.0. The first-order valence-electron chi connectivity index (χ1n) is 55.8. The van der Waals surface area contributed by atoms with E-state index >= 15 is 0 Å². The molecule has 744 valence electrons. The van der Waals surface area contributed by atoms with Crippen molar-refractivity contribution in [2.75, 3.05) is 0 Å². The molecule has 1 fully saturated rings. The van der Waals surface area contributed by atoms with Gasteiger partial charge >= 0.3 is 0 Å². The Bertz CT molecular complexity index is 7700. The van der Waals surface area contributed by atoms with Crippen molar-refractivity contribution in [3.8, 4) is 56.3 Å². The predicted octanol–water partition coefficient (Wildman–Crippen LogP) is 31.3. The maximum atomic E-state index is 8.82. The molecule has 10 heteroatoms. The molecule has 0 unspecified atom stereocenters. The monoisotopic (exact) mass is 1970 g/mol. The molecule has 0 spiro atoms. The van der Waals surface area contributed by atoms with Crippen molar-refractivity contribution in [2.45, 2.75) is 336 Å². The Morgan fingerprint density at radius 1 is 0.298 bits per heavy atom. The zero-order chi connectivity index (χ0) is 111. The van der Waals surface area contributed by atoms with Crippen molar-refractivity contribution in [1.29, 1.82) is 0 Å². The van der Waals surface area contributed by atoms with E-state index in [-0.39, 0.29) is 34.0 Å². The fourth-order valence-corrected chi connectivity index (χ4v) is 26.1. The number of hydrogen-bond acceptors (Lipinski definition) is 0. The quantitative estimate of drug-likeness (QED) is 0.0810. The third-order valence-corrected chi connectivity index (χ3v) is 40.6. The Balaban J connectivity index is 0.000000164. The van der Waals surface area contributed by atoms with Gasteiger partial charge in [-0.1, -0.05) is 351 Å². The maximum absolute atomic E-state index is 8.82. The minimum absolute atomic E-state index is 0.0125. The van der Waals surface area contributed by atoms with E-state index in [0.29, 0.717) is 48.0 Å². The highest BCUT2D eigenvalue weighted by Gasteiger charge is 2.34. The summed E-state index contributed by atoms with van der Waals surface area (Å²) in [5.74, 6) is 1.58. The van der Waals surface area contributed by atoms with Gasteiger partial charge in [0, 0.05) is 56.5 Å².